The molecule has 2 nitrogen and oxygen atoms in total. The predicted octanol–water partition coefficient (Wildman–Crippen LogP) is 0.958. The standard InChI is InChI=1S/C9H16N2/c1-2-8-9-4-3-6-11(9)7-5-10-8/h4,8,10H,2-3,5-7H2,1H3. The monoisotopic (exact) mass is 152 g/mol. The van der Waals surface area contributed by atoms with Gasteiger partial charge in [0, 0.05) is 31.4 Å². The van der Waals surface area contributed by atoms with Crippen molar-refractivity contribution in [3.63, 3.8) is 0 Å². The minimum Gasteiger partial charge on any atom is -0.372 e. The molecule has 0 amide bonds. The second-order valence-electron chi connectivity index (χ2n) is 3.32. The minimum absolute atomic E-state index is 0.645. The van der Waals surface area contributed by atoms with E-state index in [0.29, 0.717) is 6.04 Å². The van der Waals surface area contributed by atoms with Gasteiger partial charge in [0.2, 0.25) is 0 Å². The molecule has 0 spiro atoms. The molecule has 0 aromatic heterocycles. The highest BCUT2D eigenvalue weighted by Gasteiger charge is 2.25. The zero-order valence-electron chi connectivity index (χ0n) is 7.14. The van der Waals surface area contributed by atoms with Crippen LogP contribution in [0.4, 0.5) is 0 Å². The molecular formula is C9H16N2. The predicted molar refractivity (Wildman–Crippen MR) is 46.4 cm³/mol. The van der Waals surface area contributed by atoms with Crippen LogP contribution in [0.2, 0.25) is 0 Å². The van der Waals surface area contributed by atoms with E-state index in [1.54, 1.807) is 5.70 Å². The Morgan fingerprint density at radius 2 is 2.55 bits per heavy atom. The number of fused-ring (bicyclic) bond motifs is 1. The van der Waals surface area contributed by atoms with Crippen LogP contribution in [0.5, 0.6) is 0 Å². The van der Waals surface area contributed by atoms with Gasteiger partial charge in [0.15, 0.2) is 0 Å². The third-order valence-corrected chi connectivity index (χ3v) is 2.66. The van der Waals surface area contributed by atoms with Crippen LogP contribution in [0, 0.1) is 0 Å². The minimum atomic E-state index is 0.645. The van der Waals surface area contributed by atoms with Gasteiger partial charge in [-0.05, 0) is 12.8 Å². The Balaban J connectivity index is 2.11. The second-order valence-corrected chi connectivity index (χ2v) is 3.32. The van der Waals surface area contributed by atoms with Gasteiger partial charge in [-0.15, -0.1) is 0 Å². The van der Waals surface area contributed by atoms with Crippen LogP contribution in [0.15, 0.2) is 11.8 Å². The zero-order valence-corrected chi connectivity index (χ0v) is 7.14. The van der Waals surface area contributed by atoms with E-state index in [1.807, 2.05) is 0 Å². The highest BCUT2D eigenvalue weighted by atomic mass is 15.2. The van der Waals surface area contributed by atoms with Crippen LogP contribution < -0.4 is 5.32 Å². The van der Waals surface area contributed by atoms with Gasteiger partial charge in [0.05, 0.1) is 0 Å². The van der Waals surface area contributed by atoms with Crippen molar-refractivity contribution in [1.29, 1.82) is 0 Å². The van der Waals surface area contributed by atoms with Crippen LogP contribution in [-0.2, 0) is 0 Å². The van der Waals surface area contributed by atoms with E-state index in [9.17, 15) is 0 Å². The third-order valence-electron chi connectivity index (χ3n) is 2.66. The summed E-state index contributed by atoms with van der Waals surface area (Å²) in [6, 6.07) is 0.645. The number of nitrogens with zero attached hydrogens (tertiary/aromatic N) is 1. The van der Waals surface area contributed by atoms with E-state index in [0.717, 1.165) is 6.54 Å². The van der Waals surface area contributed by atoms with Crippen molar-refractivity contribution >= 4 is 0 Å². The van der Waals surface area contributed by atoms with E-state index in [4.69, 9.17) is 0 Å². The zero-order chi connectivity index (χ0) is 7.68. The quantitative estimate of drug-likeness (QED) is 0.602. The van der Waals surface area contributed by atoms with Crippen molar-refractivity contribution in [1.82, 2.24) is 10.2 Å². The number of hydrogen-bond donors (Lipinski definition) is 1. The number of nitrogens with one attached hydrogen (secondary N) is 1. The summed E-state index contributed by atoms with van der Waals surface area (Å²) in [5.41, 5.74) is 1.55. The van der Waals surface area contributed by atoms with Crippen LogP contribution in [0.1, 0.15) is 19.8 Å². The Kier molecular flexibility index (Phi) is 1.86. The molecule has 0 saturated carbocycles. The average Bonchev–Trinajstić information content (AvgIpc) is 2.50. The number of rotatable bonds is 1. The van der Waals surface area contributed by atoms with E-state index in [2.05, 4.69) is 23.2 Å². The molecule has 1 fully saturated rings. The fourth-order valence-electron chi connectivity index (χ4n) is 2.06. The summed E-state index contributed by atoms with van der Waals surface area (Å²) in [6.07, 6.45) is 4.87. The lowest BCUT2D eigenvalue weighted by Crippen LogP contribution is -2.46. The maximum atomic E-state index is 3.53. The Bertz CT molecular complexity index is 174. The van der Waals surface area contributed by atoms with Gasteiger partial charge in [0.25, 0.3) is 0 Å². The van der Waals surface area contributed by atoms with Crippen molar-refractivity contribution in [2.24, 2.45) is 0 Å². The van der Waals surface area contributed by atoms with Gasteiger partial charge in [-0.1, -0.05) is 13.0 Å². The lowest BCUT2D eigenvalue weighted by atomic mass is 10.1. The molecule has 0 aromatic carbocycles. The number of piperazine rings is 1. The van der Waals surface area contributed by atoms with Crippen molar-refractivity contribution < 1.29 is 0 Å². The van der Waals surface area contributed by atoms with Gasteiger partial charge in [-0.2, -0.15) is 0 Å². The van der Waals surface area contributed by atoms with Gasteiger partial charge < -0.3 is 10.2 Å². The molecule has 1 atom stereocenters. The summed E-state index contributed by atoms with van der Waals surface area (Å²) >= 11 is 0. The Labute approximate surface area is 68.3 Å². The molecule has 11 heavy (non-hydrogen) atoms. The molecule has 0 aliphatic carbocycles. The summed E-state index contributed by atoms with van der Waals surface area (Å²) in [4.78, 5) is 2.52. The molecular weight excluding hydrogens is 136 g/mol. The number of hydrogen-bond acceptors (Lipinski definition) is 2. The Hall–Kier alpha value is -0.500. The Morgan fingerprint density at radius 3 is 3.36 bits per heavy atom. The molecule has 0 bridgehead atoms. The second kappa shape index (κ2) is 2.86. The first kappa shape index (κ1) is 7.17. The maximum Gasteiger partial charge on any atom is 0.0466 e. The van der Waals surface area contributed by atoms with Crippen molar-refractivity contribution in [2.45, 2.75) is 25.8 Å². The first-order valence-corrected chi connectivity index (χ1v) is 4.60. The summed E-state index contributed by atoms with van der Waals surface area (Å²) in [5.74, 6) is 0. The highest BCUT2D eigenvalue weighted by Crippen LogP contribution is 2.21. The van der Waals surface area contributed by atoms with Gasteiger partial charge in [0.1, 0.15) is 0 Å². The first-order valence-electron chi connectivity index (χ1n) is 4.60. The molecule has 2 heterocycles. The lowest BCUT2D eigenvalue weighted by molar-refractivity contribution is 0.284. The fourth-order valence-corrected chi connectivity index (χ4v) is 2.06. The van der Waals surface area contributed by atoms with Crippen LogP contribution in [0.25, 0.3) is 0 Å². The molecule has 1 N–H and O–H groups in total. The largest absolute Gasteiger partial charge is 0.372 e. The molecule has 2 heteroatoms. The molecule has 0 radical (unpaired) electrons. The van der Waals surface area contributed by atoms with Crippen molar-refractivity contribution in [2.75, 3.05) is 19.6 Å². The van der Waals surface area contributed by atoms with Crippen LogP contribution >= 0.6 is 0 Å². The van der Waals surface area contributed by atoms with E-state index in [-0.39, 0.29) is 0 Å². The smallest absolute Gasteiger partial charge is 0.0466 e. The summed E-state index contributed by atoms with van der Waals surface area (Å²) < 4.78 is 0. The van der Waals surface area contributed by atoms with Gasteiger partial charge in [-0.3, -0.25) is 0 Å². The molecule has 2 aliphatic heterocycles. The molecule has 1 unspecified atom stereocenters. The summed E-state index contributed by atoms with van der Waals surface area (Å²) in [5, 5.41) is 3.53. The summed E-state index contributed by atoms with van der Waals surface area (Å²) in [6.45, 7) is 5.88. The van der Waals surface area contributed by atoms with Crippen LogP contribution in [0.3, 0.4) is 0 Å². The Morgan fingerprint density at radius 1 is 1.64 bits per heavy atom. The highest BCUT2D eigenvalue weighted by molar-refractivity contribution is 5.16. The van der Waals surface area contributed by atoms with E-state index >= 15 is 0 Å². The molecule has 2 aliphatic rings. The van der Waals surface area contributed by atoms with Crippen molar-refractivity contribution in [3.8, 4) is 0 Å². The average molecular weight is 152 g/mol. The summed E-state index contributed by atoms with van der Waals surface area (Å²) in [7, 11) is 0. The first-order chi connectivity index (χ1) is 5.42. The van der Waals surface area contributed by atoms with Crippen molar-refractivity contribution in [3.05, 3.63) is 11.8 Å². The molecule has 2 rings (SSSR count). The molecule has 1 saturated heterocycles. The third kappa shape index (κ3) is 1.16. The van der Waals surface area contributed by atoms with E-state index in [1.165, 1.54) is 25.9 Å². The van der Waals surface area contributed by atoms with E-state index < -0.39 is 0 Å². The van der Waals surface area contributed by atoms with Crippen LogP contribution in [-0.4, -0.2) is 30.6 Å². The SMILES string of the molecule is CCC1NCCN2CCC=C12. The molecule has 0 aromatic rings. The normalized spacial score (nSPS) is 30.1. The van der Waals surface area contributed by atoms with Gasteiger partial charge >= 0.3 is 0 Å². The topological polar surface area (TPSA) is 15.3 Å². The lowest BCUT2D eigenvalue weighted by Gasteiger charge is -2.34. The molecule has 62 valence electrons. The fraction of sp³-hybridized carbons (Fsp3) is 0.778. The maximum absolute atomic E-state index is 3.53. The van der Waals surface area contributed by atoms with Gasteiger partial charge in [-0.25, -0.2) is 0 Å².